The van der Waals surface area contributed by atoms with Gasteiger partial charge in [0.15, 0.2) is 5.58 Å². The van der Waals surface area contributed by atoms with Gasteiger partial charge in [-0.1, -0.05) is 29.8 Å². The predicted octanol–water partition coefficient (Wildman–Crippen LogP) is 2.97. The van der Waals surface area contributed by atoms with E-state index in [2.05, 4.69) is 0 Å². The molecular weight excluding hydrogens is 352 g/mol. The van der Waals surface area contributed by atoms with E-state index in [4.69, 9.17) is 4.42 Å². The van der Waals surface area contributed by atoms with Crippen molar-refractivity contribution in [2.75, 3.05) is 6.54 Å². The maximum Gasteiger partial charge on any atom is 0.419 e. The summed E-state index contributed by atoms with van der Waals surface area (Å²) in [7, 11) is -2.09. The SMILES string of the molecule is Cc1cccc([C@H]2CCCN2S(=O)(=O)c2ccc3c(c2)oc(=O)n3C)c1. The van der Waals surface area contributed by atoms with Crippen molar-refractivity contribution in [3.8, 4) is 0 Å². The lowest BCUT2D eigenvalue weighted by Crippen LogP contribution is -2.30. The second-order valence-corrected chi connectivity index (χ2v) is 8.63. The summed E-state index contributed by atoms with van der Waals surface area (Å²) in [5.41, 5.74) is 2.98. The summed E-state index contributed by atoms with van der Waals surface area (Å²) < 4.78 is 34.5. The van der Waals surface area contributed by atoms with Crippen LogP contribution >= 0.6 is 0 Å². The van der Waals surface area contributed by atoms with Gasteiger partial charge in [0, 0.05) is 19.7 Å². The fourth-order valence-corrected chi connectivity index (χ4v) is 5.35. The molecule has 1 fully saturated rings. The zero-order chi connectivity index (χ0) is 18.5. The van der Waals surface area contributed by atoms with Gasteiger partial charge in [-0.25, -0.2) is 13.2 Å². The van der Waals surface area contributed by atoms with Gasteiger partial charge in [-0.05, 0) is 37.5 Å². The molecule has 1 atom stereocenters. The number of aromatic nitrogens is 1. The zero-order valence-electron chi connectivity index (χ0n) is 14.7. The lowest BCUT2D eigenvalue weighted by molar-refractivity contribution is 0.396. The zero-order valence-corrected chi connectivity index (χ0v) is 15.5. The number of hydrogen-bond donors (Lipinski definition) is 0. The highest BCUT2D eigenvalue weighted by Gasteiger charge is 2.36. The summed E-state index contributed by atoms with van der Waals surface area (Å²) in [6, 6.07) is 12.4. The summed E-state index contributed by atoms with van der Waals surface area (Å²) >= 11 is 0. The summed E-state index contributed by atoms with van der Waals surface area (Å²) in [6.07, 6.45) is 1.62. The first-order valence-corrected chi connectivity index (χ1v) is 10.00. The quantitative estimate of drug-likeness (QED) is 0.709. The third-order valence-electron chi connectivity index (χ3n) is 5.00. The van der Waals surface area contributed by atoms with Crippen LogP contribution in [0.3, 0.4) is 0 Å². The van der Waals surface area contributed by atoms with Crippen LogP contribution in [-0.4, -0.2) is 23.8 Å². The third-order valence-corrected chi connectivity index (χ3v) is 6.91. The number of oxazole rings is 1. The molecule has 2 heterocycles. The minimum Gasteiger partial charge on any atom is -0.408 e. The lowest BCUT2D eigenvalue weighted by Gasteiger charge is -2.24. The van der Waals surface area contributed by atoms with Crippen LogP contribution in [0.2, 0.25) is 0 Å². The van der Waals surface area contributed by atoms with Crippen molar-refractivity contribution >= 4 is 21.1 Å². The van der Waals surface area contributed by atoms with Gasteiger partial charge in [-0.2, -0.15) is 4.31 Å². The van der Waals surface area contributed by atoms with Crippen LogP contribution in [-0.2, 0) is 17.1 Å². The third kappa shape index (κ3) is 2.68. The van der Waals surface area contributed by atoms with Gasteiger partial charge in [-0.3, -0.25) is 4.57 Å². The molecule has 0 unspecified atom stereocenters. The van der Waals surface area contributed by atoms with Gasteiger partial charge in [0.2, 0.25) is 10.0 Å². The molecule has 0 aliphatic carbocycles. The van der Waals surface area contributed by atoms with Crippen LogP contribution < -0.4 is 5.76 Å². The highest BCUT2D eigenvalue weighted by molar-refractivity contribution is 7.89. The number of sulfonamides is 1. The Bertz CT molecular complexity index is 1140. The minimum atomic E-state index is -3.68. The molecule has 0 radical (unpaired) electrons. The smallest absolute Gasteiger partial charge is 0.408 e. The second kappa shape index (κ2) is 6.10. The van der Waals surface area contributed by atoms with E-state index >= 15 is 0 Å². The Morgan fingerprint density at radius 2 is 1.96 bits per heavy atom. The van der Waals surface area contributed by atoms with Gasteiger partial charge in [-0.15, -0.1) is 0 Å². The summed E-state index contributed by atoms with van der Waals surface area (Å²) in [5.74, 6) is -0.506. The van der Waals surface area contributed by atoms with E-state index in [0.29, 0.717) is 12.1 Å². The minimum absolute atomic E-state index is 0.152. The van der Waals surface area contributed by atoms with E-state index in [9.17, 15) is 13.2 Å². The first kappa shape index (κ1) is 17.1. The molecule has 7 heteroatoms. The molecule has 2 aromatic carbocycles. The Morgan fingerprint density at radius 3 is 2.73 bits per heavy atom. The van der Waals surface area contributed by atoms with Gasteiger partial charge < -0.3 is 4.42 Å². The van der Waals surface area contributed by atoms with Crippen molar-refractivity contribution < 1.29 is 12.8 Å². The first-order chi connectivity index (χ1) is 12.4. The molecule has 3 aromatic rings. The van der Waals surface area contributed by atoms with E-state index in [0.717, 1.165) is 24.0 Å². The van der Waals surface area contributed by atoms with Crippen LogP contribution in [0.1, 0.15) is 30.0 Å². The summed E-state index contributed by atoms with van der Waals surface area (Å²) in [6.45, 7) is 2.49. The van der Waals surface area contributed by atoms with Crippen molar-refractivity contribution in [2.45, 2.75) is 30.7 Å². The monoisotopic (exact) mass is 372 g/mol. The van der Waals surface area contributed by atoms with Crippen molar-refractivity contribution in [3.63, 3.8) is 0 Å². The molecule has 1 aliphatic heterocycles. The number of benzene rings is 2. The van der Waals surface area contributed by atoms with Gasteiger partial charge in [0.25, 0.3) is 0 Å². The van der Waals surface area contributed by atoms with E-state index < -0.39 is 15.8 Å². The molecule has 0 N–H and O–H groups in total. The molecular formula is C19H20N2O4S. The average Bonchev–Trinajstić information content (AvgIpc) is 3.21. The van der Waals surface area contributed by atoms with Gasteiger partial charge in [0.05, 0.1) is 16.5 Å². The Hall–Kier alpha value is -2.38. The lowest BCUT2D eigenvalue weighted by atomic mass is 10.0. The maximum absolute atomic E-state index is 13.2. The molecule has 136 valence electrons. The van der Waals surface area contributed by atoms with E-state index in [1.54, 1.807) is 17.4 Å². The Morgan fingerprint density at radius 1 is 1.15 bits per heavy atom. The number of aryl methyl sites for hydroxylation is 2. The predicted molar refractivity (Wildman–Crippen MR) is 98.5 cm³/mol. The Kier molecular flexibility index (Phi) is 4.00. The van der Waals surface area contributed by atoms with E-state index in [-0.39, 0.29) is 16.5 Å². The van der Waals surface area contributed by atoms with Crippen LogP contribution in [0.4, 0.5) is 0 Å². The summed E-state index contributed by atoms with van der Waals surface area (Å²) in [5, 5.41) is 0. The highest BCUT2D eigenvalue weighted by Crippen LogP contribution is 2.37. The molecule has 26 heavy (non-hydrogen) atoms. The second-order valence-electron chi connectivity index (χ2n) is 6.74. The molecule has 1 aromatic heterocycles. The standard InChI is InChI=1S/C19H20N2O4S/c1-13-5-3-6-14(11-13)16-7-4-10-21(16)26(23,24)15-8-9-17-18(12-15)25-19(22)20(17)2/h3,5-6,8-9,11-12,16H,4,7,10H2,1-2H3/t16-/m1/s1. The van der Waals surface area contributed by atoms with Crippen molar-refractivity contribution in [2.24, 2.45) is 7.05 Å². The molecule has 0 amide bonds. The molecule has 1 saturated heterocycles. The van der Waals surface area contributed by atoms with Crippen LogP contribution in [0.15, 0.2) is 56.6 Å². The number of nitrogens with zero attached hydrogens (tertiary/aromatic N) is 2. The average molecular weight is 372 g/mol. The van der Waals surface area contributed by atoms with Crippen molar-refractivity contribution in [3.05, 3.63) is 64.1 Å². The summed E-state index contributed by atoms with van der Waals surface area (Å²) in [4.78, 5) is 11.8. The molecule has 1 aliphatic rings. The van der Waals surface area contributed by atoms with Crippen LogP contribution in [0, 0.1) is 6.92 Å². The Labute approximate surface area is 151 Å². The van der Waals surface area contributed by atoms with Gasteiger partial charge >= 0.3 is 5.76 Å². The number of rotatable bonds is 3. The van der Waals surface area contributed by atoms with Crippen molar-refractivity contribution in [1.82, 2.24) is 8.87 Å². The number of hydrogen-bond acceptors (Lipinski definition) is 4. The fraction of sp³-hybridized carbons (Fsp3) is 0.316. The van der Waals surface area contributed by atoms with E-state index in [1.807, 2.05) is 31.2 Å². The molecule has 4 rings (SSSR count). The van der Waals surface area contributed by atoms with Gasteiger partial charge in [0.1, 0.15) is 0 Å². The fourth-order valence-electron chi connectivity index (χ4n) is 3.65. The van der Waals surface area contributed by atoms with Crippen LogP contribution in [0.5, 0.6) is 0 Å². The molecule has 0 bridgehead atoms. The first-order valence-electron chi connectivity index (χ1n) is 8.56. The van der Waals surface area contributed by atoms with Crippen LogP contribution in [0.25, 0.3) is 11.1 Å². The Balaban J connectivity index is 1.77. The normalized spacial score (nSPS) is 18.6. The topological polar surface area (TPSA) is 72.5 Å². The molecule has 6 nitrogen and oxygen atoms in total. The van der Waals surface area contributed by atoms with Crippen molar-refractivity contribution in [1.29, 1.82) is 0 Å². The molecule has 0 spiro atoms. The molecule has 0 saturated carbocycles. The highest BCUT2D eigenvalue weighted by atomic mass is 32.2. The largest absolute Gasteiger partial charge is 0.419 e. The maximum atomic E-state index is 13.2. The number of fused-ring (bicyclic) bond motifs is 1. The van der Waals surface area contributed by atoms with E-state index in [1.165, 1.54) is 16.7 Å².